The van der Waals surface area contributed by atoms with E-state index in [-0.39, 0.29) is 29.6 Å². The van der Waals surface area contributed by atoms with Gasteiger partial charge in [-0.15, -0.1) is 0 Å². The molecule has 1 aliphatic carbocycles. The highest BCUT2D eigenvalue weighted by molar-refractivity contribution is 5.98. The summed E-state index contributed by atoms with van der Waals surface area (Å²) in [5.41, 5.74) is 5.76. The van der Waals surface area contributed by atoms with Gasteiger partial charge in [0.1, 0.15) is 0 Å². The summed E-state index contributed by atoms with van der Waals surface area (Å²) in [5.74, 6) is 0.521. The Kier molecular flexibility index (Phi) is 7.17. The van der Waals surface area contributed by atoms with E-state index in [0.717, 1.165) is 42.4 Å². The van der Waals surface area contributed by atoms with Gasteiger partial charge in [-0.3, -0.25) is 19.1 Å². The number of nitrogens with one attached hydrogen (secondary N) is 1. The van der Waals surface area contributed by atoms with Gasteiger partial charge < -0.3 is 15.1 Å². The summed E-state index contributed by atoms with van der Waals surface area (Å²) in [4.78, 5) is 42.6. The van der Waals surface area contributed by atoms with Crippen molar-refractivity contribution >= 4 is 23.4 Å². The van der Waals surface area contributed by atoms with Gasteiger partial charge in [0.2, 0.25) is 11.8 Å². The zero-order chi connectivity index (χ0) is 27.8. The Bertz CT molecular complexity index is 1420. The van der Waals surface area contributed by atoms with Crippen molar-refractivity contribution in [3.63, 3.8) is 0 Å². The van der Waals surface area contributed by atoms with Gasteiger partial charge in [0.15, 0.2) is 0 Å². The predicted octanol–water partition coefficient (Wildman–Crippen LogP) is 4.61. The molecule has 6 rings (SSSR count). The summed E-state index contributed by atoms with van der Waals surface area (Å²) in [6.07, 6.45) is 8.37. The molecule has 1 atom stereocenters. The molecule has 3 heterocycles. The first-order valence-electron chi connectivity index (χ1n) is 14.4. The van der Waals surface area contributed by atoms with E-state index in [4.69, 9.17) is 0 Å². The number of likely N-dealkylation sites (tertiary alicyclic amines) is 2. The second-order valence-corrected chi connectivity index (χ2v) is 11.7. The highest BCUT2D eigenvalue weighted by atomic mass is 16.2. The normalized spacial score (nSPS) is 19.6. The van der Waals surface area contributed by atoms with Gasteiger partial charge in [-0.1, -0.05) is 30.3 Å². The highest BCUT2D eigenvalue weighted by Gasteiger charge is 2.38. The van der Waals surface area contributed by atoms with E-state index in [9.17, 15) is 14.4 Å². The average Bonchev–Trinajstić information content (AvgIpc) is 3.54. The molecule has 1 aromatic heterocycles. The zero-order valence-corrected chi connectivity index (χ0v) is 23.3. The molecule has 3 fully saturated rings. The van der Waals surface area contributed by atoms with Crippen LogP contribution in [-0.4, -0.2) is 63.5 Å². The Hall–Kier alpha value is -3.94. The van der Waals surface area contributed by atoms with Crippen molar-refractivity contribution < 1.29 is 14.4 Å². The van der Waals surface area contributed by atoms with Crippen LogP contribution in [0.4, 0.5) is 5.69 Å². The lowest BCUT2D eigenvalue weighted by molar-refractivity contribution is -0.131. The minimum absolute atomic E-state index is 0.00273. The Morgan fingerprint density at radius 2 is 1.57 bits per heavy atom. The Labute approximate surface area is 235 Å². The number of anilines is 1. The van der Waals surface area contributed by atoms with Crippen LogP contribution in [-0.2, 0) is 16.6 Å². The van der Waals surface area contributed by atoms with Crippen molar-refractivity contribution in [1.82, 2.24) is 19.6 Å². The lowest BCUT2D eigenvalue weighted by Gasteiger charge is -2.32. The topological polar surface area (TPSA) is 87.5 Å². The zero-order valence-electron chi connectivity index (χ0n) is 23.3. The number of benzene rings is 2. The van der Waals surface area contributed by atoms with Gasteiger partial charge in [-0.25, -0.2) is 0 Å². The molecular formula is C32H37N5O3. The standard InChI is InChI=1S/C32H37N5O3/c1-21-3-4-26(17-29(21)34-30(38)27-13-16-37(20-27)31(39)25-9-10-25)32(40)36-14-11-24(12-15-36)22-5-7-23(8-6-22)28-18-33-35(2)19-28/h3-8,17-19,24-25,27H,9-16,20H2,1-2H3,(H,34,38). The van der Waals surface area contributed by atoms with E-state index < -0.39 is 0 Å². The van der Waals surface area contributed by atoms with Crippen LogP contribution in [0, 0.1) is 18.8 Å². The molecular weight excluding hydrogens is 502 g/mol. The van der Waals surface area contributed by atoms with Gasteiger partial charge in [-0.2, -0.15) is 5.10 Å². The van der Waals surface area contributed by atoms with Crippen LogP contribution in [0.1, 0.15) is 59.5 Å². The van der Waals surface area contributed by atoms with Crippen molar-refractivity contribution in [1.29, 1.82) is 0 Å². The fourth-order valence-corrected chi connectivity index (χ4v) is 6.00. The molecule has 1 saturated carbocycles. The third kappa shape index (κ3) is 5.53. The number of aryl methyl sites for hydroxylation is 2. The van der Waals surface area contributed by atoms with E-state index >= 15 is 0 Å². The Morgan fingerprint density at radius 3 is 2.25 bits per heavy atom. The molecule has 1 unspecified atom stereocenters. The van der Waals surface area contributed by atoms with Crippen LogP contribution < -0.4 is 5.32 Å². The van der Waals surface area contributed by atoms with Crippen molar-refractivity contribution in [3.05, 3.63) is 71.5 Å². The van der Waals surface area contributed by atoms with Gasteiger partial charge in [-0.05, 0) is 73.8 Å². The lowest BCUT2D eigenvalue weighted by atomic mass is 9.88. The molecule has 2 aliphatic heterocycles. The number of carbonyl (C=O) groups excluding carboxylic acids is 3. The summed E-state index contributed by atoms with van der Waals surface area (Å²) >= 11 is 0. The SMILES string of the molecule is Cc1ccc(C(=O)N2CCC(c3ccc(-c4cnn(C)c4)cc3)CC2)cc1NC(=O)C1CCN(C(=O)C2CC2)C1. The quantitative estimate of drug-likeness (QED) is 0.496. The number of aromatic nitrogens is 2. The molecule has 0 bridgehead atoms. The first-order chi connectivity index (χ1) is 19.4. The van der Waals surface area contributed by atoms with Gasteiger partial charge in [0.25, 0.3) is 5.91 Å². The minimum Gasteiger partial charge on any atom is -0.342 e. The largest absolute Gasteiger partial charge is 0.342 e. The molecule has 0 radical (unpaired) electrons. The number of amides is 3. The van der Waals surface area contributed by atoms with Crippen molar-refractivity contribution in [2.45, 2.75) is 44.9 Å². The number of rotatable bonds is 6. The monoisotopic (exact) mass is 539 g/mol. The Balaban J connectivity index is 1.04. The molecule has 8 heteroatoms. The fraction of sp³-hybridized carbons (Fsp3) is 0.438. The third-order valence-electron chi connectivity index (χ3n) is 8.74. The molecule has 1 N–H and O–H groups in total. The highest BCUT2D eigenvalue weighted by Crippen LogP contribution is 2.34. The van der Waals surface area contributed by atoms with E-state index in [1.165, 1.54) is 5.56 Å². The molecule has 0 spiro atoms. The van der Waals surface area contributed by atoms with E-state index in [2.05, 4.69) is 34.7 Å². The van der Waals surface area contributed by atoms with Crippen LogP contribution in [0.5, 0.6) is 0 Å². The number of nitrogens with zero attached hydrogens (tertiary/aromatic N) is 4. The number of hydrogen-bond donors (Lipinski definition) is 1. The fourth-order valence-electron chi connectivity index (χ4n) is 6.00. The van der Waals surface area contributed by atoms with Gasteiger partial charge in [0, 0.05) is 62.2 Å². The molecule has 2 saturated heterocycles. The first-order valence-corrected chi connectivity index (χ1v) is 14.4. The minimum atomic E-state index is -0.209. The molecule has 3 aliphatic rings. The molecule has 2 aromatic carbocycles. The van der Waals surface area contributed by atoms with Crippen LogP contribution in [0.3, 0.4) is 0 Å². The molecule has 3 aromatic rings. The first kappa shape index (κ1) is 26.3. The molecule has 8 nitrogen and oxygen atoms in total. The predicted molar refractivity (Wildman–Crippen MR) is 154 cm³/mol. The maximum atomic E-state index is 13.4. The maximum Gasteiger partial charge on any atom is 0.253 e. The lowest BCUT2D eigenvalue weighted by Crippen LogP contribution is -2.38. The molecule has 208 valence electrons. The Morgan fingerprint density at radius 1 is 0.850 bits per heavy atom. The van der Waals surface area contributed by atoms with Crippen LogP contribution >= 0.6 is 0 Å². The van der Waals surface area contributed by atoms with Crippen LogP contribution in [0.15, 0.2) is 54.9 Å². The van der Waals surface area contributed by atoms with Crippen molar-refractivity contribution in [2.24, 2.45) is 18.9 Å². The van der Waals surface area contributed by atoms with Crippen molar-refractivity contribution in [2.75, 3.05) is 31.5 Å². The molecule has 40 heavy (non-hydrogen) atoms. The smallest absolute Gasteiger partial charge is 0.253 e. The average molecular weight is 540 g/mol. The second-order valence-electron chi connectivity index (χ2n) is 11.7. The van der Waals surface area contributed by atoms with Crippen molar-refractivity contribution in [3.8, 4) is 11.1 Å². The summed E-state index contributed by atoms with van der Waals surface area (Å²) < 4.78 is 1.81. The summed E-state index contributed by atoms with van der Waals surface area (Å²) in [6, 6.07) is 14.3. The third-order valence-corrected chi connectivity index (χ3v) is 8.74. The number of piperidine rings is 1. The van der Waals surface area contributed by atoms with E-state index in [0.29, 0.717) is 49.8 Å². The summed E-state index contributed by atoms with van der Waals surface area (Å²) in [6.45, 7) is 4.48. The summed E-state index contributed by atoms with van der Waals surface area (Å²) in [7, 11) is 1.92. The van der Waals surface area contributed by atoms with E-state index in [1.54, 1.807) is 6.07 Å². The maximum absolute atomic E-state index is 13.4. The van der Waals surface area contributed by atoms with Crippen LogP contribution in [0.25, 0.3) is 11.1 Å². The van der Waals surface area contributed by atoms with Gasteiger partial charge >= 0.3 is 0 Å². The summed E-state index contributed by atoms with van der Waals surface area (Å²) in [5, 5.41) is 7.31. The number of hydrogen-bond acceptors (Lipinski definition) is 4. The number of carbonyl (C=O) groups is 3. The van der Waals surface area contributed by atoms with E-state index in [1.807, 2.05) is 53.0 Å². The second kappa shape index (κ2) is 10.9. The van der Waals surface area contributed by atoms with Crippen LogP contribution in [0.2, 0.25) is 0 Å². The molecule has 3 amide bonds. The van der Waals surface area contributed by atoms with Gasteiger partial charge in [0.05, 0.1) is 12.1 Å².